The molecule has 0 amide bonds. The highest BCUT2D eigenvalue weighted by Gasteiger charge is 2.14. The zero-order valence-electron chi connectivity index (χ0n) is 13.2. The average molecular weight is 314 g/mol. The van der Waals surface area contributed by atoms with Crippen LogP contribution in [-0.2, 0) is 6.61 Å². The van der Waals surface area contributed by atoms with Crippen molar-refractivity contribution in [3.8, 4) is 5.75 Å². The van der Waals surface area contributed by atoms with Gasteiger partial charge in [-0.25, -0.2) is 4.79 Å². The van der Waals surface area contributed by atoms with Crippen LogP contribution in [0.15, 0.2) is 48.5 Å². The summed E-state index contributed by atoms with van der Waals surface area (Å²) in [4.78, 5) is 11.2. The van der Waals surface area contributed by atoms with Gasteiger partial charge in [0.1, 0.15) is 12.4 Å². The molecule has 1 unspecified atom stereocenters. The molecule has 122 valence electrons. The Kier molecular flexibility index (Phi) is 6.18. The Morgan fingerprint density at radius 3 is 2.57 bits per heavy atom. The number of carboxylic acids is 1. The number of unbranched alkanes of at least 4 members (excludes halogenated alkanes) is 1. The summed E-state index contributed by atoms with van der Waals surface area (Å²) in [5, 5.41) is 19.5. The SMILES string of the molecule is CCCCC(O)c1ccccc1OCc1ccccc1C(=O)O. The van der Waals surface area contributed by atoms with Crippen molar-refractivity contribution in [2.45, 2.75) is 38.9 Å². The summed E-state index contributed by atoms with van der Waals surface area (Å²) in [5.74, 6) is -0.378. The number of carbonyl (C=O) groups is 1. The normalized spacial score (nSPS) is 11.9. The van der Waals surface area contributed by atoms with Crippen LogP contribution in [-0.4, -0.2) is 16.2 Å². The van der Waals surface area contributed by atoms with Crippen LogP contribution in [0.5, 0.6) is 5.75 Å². The van der Waals surface area contributed by atoms with E-state index in [4.69, 9.17) is 4.74 Å². The largest absolute Gasteiger partial charge is 0.488 e. The van der Waals surface area contributed by atoms with E-state index in [2.05, 4.69) is 6.92 Å². The van der Waals surface area contributed by atoms with Crippen molar-refractivity contribution in [1.82, 2.24) is 0 Å². The molecule has 0 saturated carbocycles. The second-order valence-corrected chi connectivity index (χ2v) is 5.45. The molecule has 0 bridgehead atoms. The average Bonchev–Trinajstić information content (AvgIpc) is 2.58. The van der Waals surface area contributed by atoms with E-state index in [0.717, 1.165) is 18.4 Å². The first-order valence-corrected chi connectivity index (χ1v) is 7.84. The third-order valence-electron chi connectivity index (χ3n) is 3.74. The van der Waals surface area contributed by atoms with Crippen LogP contribution in [0.1, 0.15) is 53.8 Å². The number of aliphatic hydroxyl groups is 1. The zero-order chi connectivity index (χ0) is 16.7. The minimum absolute atomic E-state index is 0.153. The molecule has 2 aromatic carbocycles. The molecule has 23 heavy (non-hydrogen) atoms. The summed E-state index contributed by atoms with van der Waals surface area (Å²) >= 11 is 0. The number of carboxylic acid groups (broad SMARTS) is 1. The van der Waals surface area contributed by atoms with E-state index < -0.39 is 12.1 Å². The van der Waals surface area contributed by atoms with Gasteiger partial charge in [0.05, 0.1) is 11.7 Å². The van der Waals surface area contributed by atoms with E-state index in [1.807, 2.05) is 18.2 Å². The van der Waals surface area contributed by atoms with Gasteiger partial charge in [0.15, 0.2) is 0 Å². The quantitative estimate of drug-likeness (QED) is 0.767. The van der Waals surface area contributed by atoms with E-state index in [9.17, 15) is 15.0 Å². The lowest BCUT2D eigenvalue weighted by Gasteiger charge is -2.16. The smallest absolute Gasteiger partial charge is 0.336 e. The minimum atomic E-state index is -0.972. The Morgan fingerprint density at radius 1 is 1.13 bits per heavy atom. The third-order valence-corrected chi connectivity index (χ3v) is 3.74. The molecular formula is C19H22O4. The van der Waals surface area contributed by atoms with Gasteiger partial charge in [0.2, 0.25) is 0 Å². The zero-order valence-corrected chi connectivity index (χ0v) is 13.2. The molecular weight excluding hydrogens is 292 g/mol. The fraction of sp³-hybridized carbons (Fsp3) is 0.316. The minimum Gasteiger partial charge on any atom is -0.488 e. The molecule has 0 saturated heterocycles. The van der Waals surface area contributed by atoms with E-state index in [0.29, 0.717) is 17.7 Å². The molecule has 2 rings (SSSR count). The number of ether oxygens (including phenoxy) is 1. The number of aliphatic hydroxyl groups excluding tert-OH is 1. The molecule has 0 spiro atoms. The summed E-state index contributed by atoms with van der Waals surface area (Å²) < 4.78 is 5.79. The van der Waals surface area contributed by atoms with E-state index in [1.54, 1.807) is 30.3 Å². The Hall–Kier alpha value is -2.33. The maximum absolute atomic E-state index is 11.2. The van der Waals surface area contributed by atoms with Gasteiger partial charge in [-0.3, -0.25) is 0 Å². The molecule has 0 radical (unpaired) electrons. The topological polar surface area (TPSA) is 66.8 Å². The molecule has 0 aliphatic carbocycles. The highest BCUT2D eigenvalue weighted by Crippen LogP contribution is 2.29. The van der Waals surface area contributed by atoms with E-state index >= 15 is 0 Å². The molecule has 0 aliphatic heterocycles. The Bertz CT molecular complexity index is 651. The van der Waals surface area contributed by atoms with Crippen LogP contribution in [0.3, 0.4) is 0 Å². The van der Waals surface area contributed by atoms with Crippen molar-refractivity contribution in [2.75, 3.05) is 0 Å². The number of hydrogen-bond donors (Lipinski definition) is 2. The Labute approximate surface area is 136 Å². The van der Waals surface area contributed by atoms with Crippen LogP contribution in [0.4, 0.5) is 0 Å². The lowest BCUT2D eigenvalue weighted by Crippen LogP contribution is -2.07. The van der Waals surface area contributed by atoms with E-state index in [-0.39, 0.29) is 12.2 Å². The number of rotatable bonds is 8. The lowest BCUT2D eigenvalue weighted by atomic mass is 10.0. The molecule has 4 heteroatoms. The maximum atomic E-state index is 11.2. The van der Waals surface area contributed by atoms with Gasteiger partial charge in [-0.15, -0.1) is 0 Å². The van der Waals surface area contributed by atoms with Crippen LogP contribution in [0.2, 0.25) is 0 Å². The van der Waals surface area contributed by atoms with Gasteiger partial charge in [-0.05, 0) is 18.6 Å². The molecule has 1 atom stereocenters. The monoisotopic (exact) mass is 314 g/mol. The van der Waals surface area contributed by atoms with Crippen molar-refractivity contribution < 1.29 is 19.7 Å². The summed E-state index contributed by atoms with van der Waals surface area (Å²) in [6.07, 6.45) is 2.08. The predicted octanol–water partition coefficient (Wildman–Crippen LogP) is 4.19. The standard InChI is InChI=1S/C19H22O4/c1-2-3-11-17(20)16-10-6-7-12-18(16)23-13-14-8-4-5-9-15(14)19(21)22/h4-10,12,17,20H,2-3,11,13H2,1H3,(H,21,22). The summed E-state index contributed by atoms with van der Waals surface area (Å²) in [7, 11) is 0. The second kappa shape index (κ2) is 8.34. The highest BCUT2D eigenvalue weighted by atomic mass is 16.5. The number of para-hydroxylation sites is 1. The maximum Gasteiger partial charge on any atom is 0.336 e. The molecule has 0 aromatic heterocycles. The predicted molar refractivity (Wildman–Crippen MR) is 88.7 cm³/mol. The first kappa shape index (κ1) is 17.0. The van der Waals surface area contributed by atoms with Crippen molar-refractivity contribution in [3.05, 3.63) is 65.2 Å². The third kappa shape index (κ3) is 4.57. The van der Waals surface area contributed by atoms with Gasteiger partial charge in [0.25, 0.3) is 0 Å². The van der Waals surface area contributed by atoms with Crippen molar-refractivity contribution in [1.29, 1.82) is 0 Å². The molecule has 0 fully saturated rings. The fourth-order valence-electron chi connectivity index (χ4n) is 2.45. The molecule has 0 aliphatic rings. The number of hydrogen-bond acceptors (Lipinski definition) is 3. The van der Waals surface area contributed by atoms with Gasteiger partial charge in [-0.2, -0.15) is 0 Å². The summed E-state index contributed by atoms with van der Waals surface area (Å²) in [6, 6.07) is 14.1. The first-order chi connectivity index (χ1) is 11.1. The fourth-order valence-corrected chi connectivity index (χ4v) is 2.45. The lowest BCUT2D eigenvalue weighted by molar-refractivity contribution is 0.0693. The Balaban J connectivity index is 2.14. The summed E-state index contributed by atoms with van der Waals surface area (Å²) in [6.45, 7) is 2.23. The first-order valence-electron chi connectivity index (χ1n) is 7.84. The second-order valence-electron chi connectivity index (χ2n) is 5.45. The van der Waals surface area contributed by atoms with Gasteiger partial charge < -0.3 is 14.9 Å². The number of aromatic carboxylic acids is 1. The van der Waals surface area contributed by atoms with Crippen molar-refractivity contribution in [3.63, 3.8) is 0 Å². The summed E-state index contributed by atoms with van der Waals surface area (Å²) in [5.41, 5.74) is 1.59. The number of benzene rings is 2. The van der Waals surface area contributed by atoms with Crippen molar-refractivity contribution in [2.24, 2.45) is 0 Å². The van der Waals surface area contributed by atoms with E-state index in [1.165, 1.54) is 0 Å². The highest BCUT2D eigenvalue weighted by molar-refractivity contribution is 5.89. The molecule has 4 nitrogen and oxygen atoms in total. The van der Waals surface area contributed by atoms with Crippen molar-refractivity contribution >= 4 is 5.97 Å². The molecule has 2 aromatic rings. The van der Waals surface area contributed by atoms with Gasteiger partial charge in [0, 0.05) is 11.1 Å². The molecule has 0 heterocycles. The Morgan fingerprint density at radius 2 is 1.83 bits per heavy atom. The van der Waals surface area contributed by atoms with Crippen LogP contribution in [0.25, 0.3) is 0 Å². The van der Waals surface area contributed by atoms with Crippen LogP contribution < -0.4 is 4.74 Å². The van der Waals surface area contributed by atoms with Gasteiger partial charge >= 0.3 is 5.97 Å². The molecule has 2 N–H and O–H groups in total. The van der Waals surface area contributed by atoms with Crippen LogP contribution >= 0.6 is 0 Å². The van der Waals surface area contributed by atoms with Crippen LogP contribution in [0, 0.1) is 0 Å². The van der Waals surface area contributed by atoms with Gasteiger partial charge in [-0.1, -0.05) is 56.2 Å².